The van der Waals surface area contributed by atoms with E-state index in [1.165, 1.54) is 20.2 Å². The molecule has 8 aromatic carbocycles. The summed E-state index contributed by atoms with van der Waals surface area (Å²) in [5.74, 6) is 0.699. The third-order valence-corrected chi connectivity index (χ3v) is 12.4. The summed E-state index contributed by atoms with van der Waals surface area (Å²) in [6.45, 7) is 0. The van der Waals surface area contributed by atoms with E-state index in [0.29, 0.717) is 5.82 Å². The first-order valence-electron chi connectivity index (χ1n) is 19.1. The standard InChI is InChI=1S/C52H31N3OS/c1-3-14-32(15-4-1)43-31-44(54-52(53-43)33-16-5-2-6-17-33)38-21-13-23-46-50(38)39-20-7-10-22-45(39)55(46)35-29-40(51-42(30-35)36-18-8-11-24-47(36)56-51)34-26-27-49-41(28-34)37-19-9-12-25-48(37)57-49/h1-31H. The summed E-state index contributed by atoms with van der Waals surface area (Å²) < 4.78 is 11.7. The molecule has 5 heteroatoms. The van der Waals surface area contributed by atoms with E-state index in [2.05, 4.69) is 162 Å². The number of benzene rings is 8. The minimum Gasteiger partial charge on any atom is -0.455 e. The van der Waals surface area contributed by atoms with Crippen LogP contribution in [-0.2, 0) is 0 Å². The van der Waals surface area contributed by atoms with Crippen molar-refractivity contribution in [2.75, 3.05) is 0 Å². The van der Waals surface area contributed by atoms with Crippen molar-refractivity contribution in [1.29, 1.82) is 0 Å². The molecule has 4 heterocycles. The van der Waals surface area contributed by atoms with Crippen molar-refractivity contribution >= 4 is 75.3 Å². The van der Waals surface area contributed by atoms with Crippen LogP contribution in [0.25, 0.3) is 115 Å². The SMILES string of the molecule is c1ccc(-c2cc(-c3cccc4c3c3ccccc3n4-c3cc(-c4ccc5sc6ccccc6c5c4)c4oc5ccccc5c4c3)nc(-c3ccccc3)n2)cc1. The molecule has 0 aliphatic heterocycles. The Bertz CT molecular complexity index is 3470. The first-order chi connectivity index (χ1) is 28.2. The smallest absolute Gasteiger partial charge is 0.160 e. The summed E-state index contributed by atoms with van der Waals surface area (Å²) in [6.07, 6.45) is 0. The number of hydrogen-bond acceptors (Lipinski definition) is 4. The number of para-hydroxylation sites is 2. The predicted molar refractivity (Wildman–Crippen MR) is 238 cm³/mol. The minimum absolute atomic E-state index is 0.699. The Kier molecular flexibility index (Phi) is 7.06. The topological polar surface area (TPSA) is 43.9 Å². The number of thiophene rings is 1. The van der Waals surface area contributed by atoms with Crippen molar-refractivity contribution in [2.24, 2.45) is 0 Å². The van der Waals surface area contributed by atoms with Gasteiger partial charge in [0.2, 0.25) is 0 Å². The zero-order valence-corrected chi connectivity index (χ0v) is 31.4. The Morgan fingerprint density at radius 1 is 0.421 bits per heavy atom. The molecule has 0 saturated heterocycles. The van der Waals surface area contributed by atoms with Crippen LogP contribution in [0, 0.1) is 0 Å². The van der Waals surface area contributed by atoms with Crippen LogP contribution in [0.2, 0.25) is 0 Å². The molecule has 57 heavy (non-hydrogen) atoms. The van der Waals surface area contributed by atoms with E-state index < -0.39 is 0 Å². The fourth-order valence-electron chi connectivity index (χ4n) is 8.62. The minimum atomic E-state index is 0.699. The maximum Gasteiger partial charge on any atom is 0.160 e. The molecule has 0 N–H and O–H groups in total. The van der Waals surface area contributed by atoms with Gasteiger partial charge in [-0.3, -0.25) is 0 Å². The van der Waals surface area contributed by atoms with E-state index in [0.717, 1.165) is 88.6 Å². The second-order valence-electron chi connectivity index (χ2n) is 14.5. The molecule has 12 aromatic rings. The second-order valence-corrected chi connectivity index (χ2v) is 15.6. The highest BCUT2D eigenvalue weighted by molar-refractivity contribution is 7.25. The summed E-state index contributed by atoms with van der Waals surface area (Å²) in [5.41, 5.74) is 12.1. The molecule has 0 radical (unpaired) electrons. The number of rotatable bonds is 5. The van der Waals surface area contributed by atoms with Crippen molar-refractivity contribution in [3.63, 3.8) is 0 Å². The van der Waals surface area contributed by atoms with Crippen molar-refractivity contribution in [3.8, 4) is 50.7 Å². The Labute approximate surface area is 331 Å². The van der Waals surface area contributed by atoms with Gasteiger partial charge in [0.05, 0.1) is 22.4 Å². The summed E-state index contributed by atoms with van der Waals surface area (Å²) >= 11 is 1.84. The third-order valence-electron chi connectivity index (χ3n) is 11.2. The molecule has 12 rings (SSSR count). The maximum absolute atomic E-state index is 6.72. The van der Waals surface area contributed by atoms with Crippen molar-refractivity contribution < 1.29 is 4.42 Å². The predicted octanol–water partition coefficient (Wildman–Crippen LogP) is 14.5. The van der Waals surface area contributed by atoms with Crippen molar-refractivity contribution in [1.82, 2.24) is 14.5 Å². The zero-order valence-electron chi connectivity index (χ0n) is 30.6. The van der Waals surface area contributed by atoms with Gasteiger partial charge < -0.3 is 8.98 Å². The molecule has 0 saturated carbocycles. The van der Waals surface area contributed by atoms with Gasteiger partial charge in [-0.25, -0.2) is 9.97 Å². The molecular weight excluding hydrogens is 715 g/mol. The van der Waals surface area contributed by atoms with Gasteiger partial charge in [0.25, 0.3) is 0 Å². The molecule has 0 amide bonds. The van der Waals surface area contributed by atoms with E-state index >= 15 is 0 Å². The molecule has 4 aromatic heterocycles. The van der Waals surface area contributed by atoms with Crippen LogP contribution < -0.4 is 0 Å². The fourth-order valence-corrected chi connectivity index (χ4v) is 9.70. The Hall–Kier alpha value is -7.34. The number of aromatic nitrogens is 3. The highest BCUT2D eigenvalue weighted by Crippen LogP contribution is 2.44. The number of nitrogens with zero attached hydrogens (tertiary/aromatic N) is 3. The lowest BCUT2D eigenvalue weighted by Gasteiger charge is -2.13. The highest BCUT2D eigenvalue weighted by Gasteiger charge is 2.22. The lowest BCUT2D eigenvalue weighted by Crippen LogP contribution is -1.97. The Balaban J connectivity index is 1.14. The largest absolute Gasteiger partial charge is 0.455 e. The van der Waals surface area contributed by atoms with Crippen LogP contribution in [0.1, 0.15) is 0 Å². The zero-order chi connectivity index (χ0) is 37.5. The maximum atomic E-state index is 6.72. The Morgan fingerprint density at radius 3 is 1.96 bits per heavy atom. The van der Waals surface area contributed by atoms with Crippen LogP contribution in [0.3, 0.4) is 0 Å². The summed E-state index contributed by atoms with van der Waals surface area (Å²) in [5, 5.41) is 7.04. The van der Waals surface area contributed by atoms with Crippen LogP contribution in [0.5, 0.6) is 0 Å². The van der Waals surface area contributed by atoms with Crippen LogP contribution in [0.4, 0.5) is 0 Å². The molecule has 0 aliphatic carbocycles. The highest BCUT2D eigenvalue weighted by atomic mass is 32.1. The van der Waals surface area contributed by atoms with Crippen LogP contribution >= 0.6 is 11.3 Å². The molecule has 266 valence electrons. The van der Waals surface area contributed by atoms with Crippen molar-refractivity contribution in [3.05, 3.63) is 188 Å². The van der Waals surface area contributed by atoms with Crippen LogP contribution in [0.15, 0.2) is 192 Å². The van der Waals surface area contributed by atoms with Crippen LogP contribution in [-0.4, -0.2) is 14.5 Å². The molecule has 0 bridgehead atoms. The fraction of sp³-hybridized carbons (Fsp3) is 0. The monoisotopic (exact) mass is 745 g/mol. The number of fused-ring (bicyclic) bond motifs is 9. The van der Waals surface area contributed by atoms with Gasteiger partial charge in [-0.15, -0.1) is 11.3 Å². The first kappa shape index (κ1) is 32.0. The van der Waals surface area contributed by atoms with E-state index in [-0.39, 0.29) is 0 Å². The Morgan fingerprint density at radius 2 is 1.11 bits per heavy atom. The molecule has 0 unspecified atom stereocenters. The molecule has 0 atom stereocenters. The lowest BCUT2D eigenvalue weighted by molar-refractivity contribution is 0.670. The summed E-state index contributed by atoms with van der Waals surface area (Å²) in [7, 11) is 0. The lowest BCUT2D eigenvalue weighted by atomic mass is 9.99. The molecular formula is C52H31N3OS. The molecule has 0 spiro atoms. The van der Waals surface area contributed by atoms with Gasteiger partial charge in [0.1, 0.15) is 11.2 Å². The van der Waals surface area contributed by atoms with Gasteiger partial charge in [0, 0.05) is 69.7 Å². The van der Waals surface area contributed by atoms with E-state index in [1.54, 1.807) is 0 Å². The van der Waals surface area contributed by atoms with Gasteiger partial charge in [-0.1, -0.05) is 133 Å². The quantitative estimate of drug-likeness (QED) is 0.176. The average Bonchev–Trinajstić information content (AvgIpc) is 3.96. The van der Waals surface area contributed by atoms with Gasteiger partial charge in [0.15, 0.2) is 5.82 Å². The van der Waals surface area contributed by atoms with E-state index in [1.807, 2.05) is 41.7 Å². The first-order valence-corrected chi connectivity index (χ1v) is 20.0. The normalized spacial score (nSPS) is 11.9. The average molecular weight is 746 g/mol. The van der Waals surface area contributed by atoms with E-state index in [4.69, 9.17) is 14.4 Å². The molecule has 4 nitrogen and oxygen atoms in total. The van der Waals surface area contributed by atoms with E-state index in [9.17, 15) is 0 Å². The van der Waals surface area contributed by atoms with Gasteiger partial charge in [-0.2, -0.15) is 0 Å². The summed E-state index contributed by atoms with van der Waals surface area (Å²) in [6, 6.07) is 66.6. The third kappa shape index (κ3) is 5.06. The van der Waals surface area contributed by atoms with Gasteiger partial charge in [-0.05, 0) is 60.2 Å². The molecule has 0 aliphatic rings. The number of furan rings is 1. The molecule has 0 fully saturated rings. The van der Waals surface area contributed by atoms with Gasteiger partial charge >= 0.3 is 0 Å². The number of hydrogen-bond donors (Lipinski definition) is 0. The second kappa shape index (κ2) is 12.6. The van der Waals surface area contributed by atoms with Crippen molar-refractivity contribution in [2.45, 2.75) is 0 Å². The summed E-state index contributed by atoms with van der Waals surface area (Å²) in [4.78, 5) is 10.4.